The van der Waals surface area contributed by atoms with Gasteiger partial charge in [-0.25, -0.2) is 15.0 Å². The zero-order valence-electron chi connectivity index (χ0n) is 9.29. The molecular weight excluding hydrogens is 240 g/mol. The average Bonchev–Trinajstić information content (AvgIpc) is 2.93. The summed E-state index contributed by atoms with van der Waals surface area (Å²) < 4.78 is 6.91. The maximum absolute atomic E-state index is 9.91. The number of fused-ring (bicyclic) bond motifs is 1. The molecule has 18 heavy (non-hydrogen) atoms. The Morgan fingerprint density at radius 2 is 2.11 bits per heavy atom. The van der Waals surface area contributed by atoms with Gasteiger partial charge in [0.1, 0.15) is 30.2 Å². The van der Waals surface area contributed by atoms with Gasteiger partial charge >= 0.3 is 0 Å². The molecule has 0 unspecified atom stereocenters. The zero-order chi connectivity index (χ0) is 12.7. The fourth-order valence-electron chi connectivity index (χ4n) is 2.08. The Bertz CT molecular complexity index is 560. The predicted molar refractivity (Wildman–Crippen MR) is 58.3 cm³/mol. The lowest BCUT2D eigenvalue weighted by Gasteiger charge is -2.16. The molecule has 8 heteroatoms. The van der Waals surface area contributed by atoms with E-state index in [-0.39, 0.29) is 6.61 Å². The van der Waals surface area contributed by atoms with Crippen LogP contribution >= 0.6 is 0 Å². The van der Waals surface area contributed by atoms with Crippen molar-refractivity contribution in [1.82, 2.24) is 19.5 Å². The van der Waals surface area contributed by atoms with E-state index in [0.29, 0.717) is 11.2 Å². The number of hydrogen-bond acceptors (Lipinski definition) is 7. The van der Waals surface area contributed by atoms with E-state index in [1.807, 2.05) is 0 Å². The van der Waals surface area contributed by atoms with Crippen molar-refractivity contribution < 1.29 is 20.1 Å². The third kappa shape index (κ3) is 1.58. The molecule has 96 valence electrons. The minimum absolute atomic E-state index is 0.365. The SMILES string of the molecule is OC[C@H]1O[C@@H](n2cnc3cncnc32)[C@H](O)[C@H]1O. The molecule has 8 nitrogen and oxygen atoms in total. The van der Waals surface area contributed by atoms with Gasteiger partial charge < -0.3 is 20.1 Å². The van der Waals surface area contributed by atoms with Gasteiger partial charge in [0.05, 0.1) is 19.1 Å². The van der Waals surface area contributed by atoms with E-state index in [1.54, 1.807) is 6.20 Å². The summed E-state index contributed by atoms with van der Waals surface area (Å²) in [7, 11) is 0. The van der Waals surface area contributed by atoms with Crippen LogP contribution in [0.15, 0.2) is 18.9 Å². The molecule has 0 aromatic carbocycles. The van der Waals surface area contributed by atoms with Crippen molar-refractivity contribution in [3.63, 3.8) is 0 Å². The number of imidazole rings is 1. The molecule has 0 radical (unpaired) electrons. The molecule has 0 saturated carbocycles. The number of rotatable bonds is 2. The number of ether oxygens (including phenoxy) is 1. The molecule has 4 atom stereocenters. The van der Waals surface area contributed by atoms with Gasteiger partial charge in [-0.15, -0.1) is 0 Å². The molecule has 2 aromatic rings. The lowest BCUT2D eigenvalue weighted by Crippen LogP contribution is -2.33. The Kier molecular flexibility index (Phi) is 2.71. The van der Waals surface area contributed by atoms with Crippen molar-refractivity contribution in [3.05, 3.63) is 18.9 Å². The molecule has 3 N–H and O–H groups in total. The van der Waals surface area contributed by atoms with Crippen LogP contribution in [0.25, 0.3) is 11.2 Å². The van der Waals surface area contributed by atoms with Crippen LogP contribution in [-0.2, 0) is 4.74 Å². The van der Waals surface area contributed by atoms with Crippen LogP contribution in [0.4, 0.5) is 0 Å². The first-order chi connectivity index (χ1) is 8.72. The fraction of sp³-hybridized carbons (Fsp3) is 0.500. The van der Waals surface area contributed by atoms with Crippen molar-refractivity contribution in [2.24, 2.45) is 0 Å². The van der Waals surface area contributed by atoms with Gasteiger partial charge in [-0.3, -0.25) is 4.57 Å². The van der Waals surface area contributed by atoms with Gasteiger partial charge in [0.15, 0.2) is 11.9 Å². The number of aliphatic hydroxyl groups excluding tert-OH is 3. The Labute approximate surface area is 102 Å². The number of nitrogens with zero attached hydrogens (tertiary/aromatic N) is 4. The van der Waals surface area contributed by atoms with Crippen LogP contribution in [-0.4, -0.2) is 59.8 Å². The molecule has 0 aliphatic carbocycles. The highest BCUT2D eigenvalue weighted by Gasteiger charge is 2.43. The summed E-state index contributed by atoms with van der Waals surface area (Å²) in [6.45, 7) is -0.365. The monoisotopic (exact) mass is 252 g/mol. The summed E-state index contributed by atoms with van der Waals surface area (Å²) in [5.74, 6) is 0. The second kappa shape index (κ2) is 4.25. The van der Waals surface area contributed by atoms with E-state index in [0.717, 1.165) is 0 Å². The molecule has 0 amide bonds. The maximum Gasteiger partial charge on any atom is 0.165 e. The van der Waals surface area contributed by atoms with Crippen LogP contribution in [0.5, 0.6) is 0 Å². The topological polar surface area (TPSA) is 114 Å². The highest BCUT2D eigenvalue weighted by Crippen LogP contribution is 2.30. The molecule has 2 aromatic heterocycles. The maximum atomic E-state index is 9.91. The van der Waals surface area contributed by atoms with Crippen LogP contribution in [0, 0.1) is 0 Å². The normalized spacial score (nSPS) is 32.2. The van der Waals surface area contributed by atoms with Gasteiger partial charge in [0.2, 0.25) is 0 Å². The Hall–Kier alpha value is -1.61. The highest BCUT2D eigenvalue weighted by atomic mass is 16.6. The molecule has 1 fully saturated rings. The molecule has 3 rings (SSSR count). The fourth-order valence-corrected chi connectivity index (χ4v) is 2.08. The first kappa shape index (κ1) is 11.5. The quantitative estimate of drug-likeness (QED) is 0.592. The second-order valence-electron chi connectivity index (χ2n) is 4.11. The van der Waals surface area contributed by atoms with Gasteiger partial charge in [-0.05, 0) is 0 Å². The summed E-state index contributed by atoms with van der Waals surface area (Å²) >= 11 is 0. The van der Waals surface area contributed by atoms with Crippen molar-refractivity contribution in [1.29, 1.82) is 0 Å². The summed E-state index contributed by atoms with van der Waals surface area (Å²) in [5, 5.41) is 28.6. The lowest BCUT2D eigenvalue weighted by molar-refractivity contribution is -0.0511. The van der Waals surface area contributed by atoms with Gasteiger partial charge in [-0.2, -0.15) is 0 Å². The Balaban J connectivity index is 2.00. The van der Waals surface area contributed by atoms with Crippen molar-refractivity contribution in [3.8, 4) is 0 Å². The molecule has 3 heterocycles. The lowest BCUT2D eigenvalue weighted by atomic mass is 10.1. The van der Waals surface area contributed by atoms with E-state index >= 15 is 0 Å². The van der Waals surface area contributed by atoms with Gasteiger partial charge in [-0.1, -0.05) is 0 Å². The smallest absolute Gasteiger partial charge is 0.165 e. The van der Waals surface area contributed by atoms with Crippen LogP contribution in [0.2, 0.25) is 0 Å². The Morgan fingerprint density at radius 3 is 2.83 bits per heavy atom. The van der Waals surface area contributed by atoms with Crippen LogP contribution in [0.3, 0.4) is 0 Å². The molecule has 1 aliphatic rings. The van der Waals surface area contributed by atoms with Gasteiger partial charge in [0, 0.05) is 0 Å². The molecule has 0 bridgehead atoms. The standard InChI is InChI=1S/C10H12N4O4/c15-2-6-7(16)8(17)10(18-6)14-4-13-5-1-11-3-12-9(5)14/h1,3-4,6-8,10,15-17H,2H2/t6-,7+,8-,10-/m1/s1. The van der Waals surface area contributed by atoms with E-state index in [1.165, 1.54) is 17.2 Å². The summed E-state index contributed by atoms with van der Waals surface area (Å²) in [6.07, 6.45) is 0.442. The van der Waals surface area contributed by atoms with E-state index < -0.39 is 24.5 Å². The summed E-state index contributed by atoms with van der Waals surface area (Å²) in [4.78, 5) is 12.0. The zero-order valence-corrected chi connectivity index (χ0v) is 9.29. The number of hydrogen-bond donors (Lipinski definition) is 3. The van der Waals surface area contributed by atoms with Crippen molar-refractivity contribution in [2.45, 2.75) is 24.5 Å². The molecular formula is C10H12N4O4. The summed E-state index contributed by atoms with van der Waals surface area (Å²) in [5.41, 5.74) is 1.06. The molecule has 1 saturated heterocycles. The average molecular weight is 252 g/mol. The van der Waals surface area contributed by atoms with Crippen LogP contribution < -0.4 is 0 Å². The largest absolute Gasteiger partial charge is 0.394 e. The minimum atomic E-state index is -1.14. The molecule has 0 spiro atoms. The molecule has 1 aliphatic heterocycles. The third-order valence-electron chi connectivity index (χ3n) is 3.03. The first-order valence-corrected chi connectivity index (χ1v) is 5.47. The number of aromatic nitrogens is 4. The third-order valence-corrected chi connectivity index (χ3v) is 3.03. The van der Waals surface area contributed by atoms with Crippen molar-refractivity contribution >= 4 is 11.2 Å². The second-order valence-corrected chi connectivity index (χ2v) is 4.11. The first-order valence-electron chi connectivity index (χ1n) is 5.47. The van der Waals surface area contributed by atoms with Gasteiger partial charge in [0.25, 0.3) is 0 Å². The highest BCUT2D eigenvalue weighted by molar-refractivity contribution is 5.68. The summed E-state index contributed by atoms with van der Waals surface area (Å²) in [6, 6.07) is 0. The Morgan fingerprint density at radius 1 is 1.28 bits per heavy atom. The van der Waals surface area contributed by atoms with Crippen molar-refractivity contribution in [2.75, 3.05) is 6.61 Å². The minimum Gasteiger partial charge on any atom is -0.394 e. The van der Waals surface area contributed by atoms with E-state index in [2.05, 4.69) is 15.0 Å². The van der Waals surface area contributed by atoms with Crippen LogP contribution in [0.1, 0.15) is 6.23 Å². The van der Waals surface area contributed by atoms with E-state index in [4.69, 9.17) is 9.84 Å². The number of aliphatic hydroxyl groups is 3. The predicted octanol–water partition coefficient (Wildman–Crippen LogP) is -1.56. The van der Waals surface area contributed by atoms with E-state index in [9.17, 15) is 10.2 Å².